The Morgan fingerprint density at radius 1 is 1.33 bits per heavy atom. The molecule has 0 saturated heterocycles. The van der Waals surface area contributed by atoms with E-state index >= 15 is 0 Å². The molecule has 2 rings (SSSR count). The molecule has 1 aromatic carbocycles. The van der Waals surface area contributed by atoms with Crippen LogP contribution in [0.25, 0.3) is 0 Å². The zero-order valence-electron chi connectivity index (χ0n) is 12.8. The number of hydrogen-bond donors (Lipinski definition) is 2. The third-order valence-corrected chi connectivity index (χ3v) is 5.28. The van der Waals surface area contributed by atoms with Crippen molar-refractivity contribution in [2.45, 2.75) is 46.1 Å². The number of carbonyl (C=O) groups is 1. The minimum atomic E-state index is -0.793. The first-order chi connectivity index (χ1) is 9.85. The van der Waals surface area contributed by atoms with Gasteiger partial charge in [-0.2, -0.15) is 0 Å². The summed E-state index contributed by atoms with van der Waals surface area (Å²) in [7, 11) is 0. The molecule has 0 amide bonds. The third-order valence-electron chi connectivity index (χ3n) is 4.88. The molecule has 0 bridgehead atoms. The minimum absolute atomic E-state index is 0.216. The maximum atomic E-state index is 11.5. The highest BCUT2D eigenvalue weighted by molar-refractivity contribution is 6.31. The van der Waals surface area contributed by atoms with Gasteiger partial charge >= 0.3 is 5.97 Å². The number of carboxylic acid groups (broad SMARTS) is 1. The summed E-state index contributed by atoms with van der Waals surface area (Å²) in [5, 5.41) is 20.8. The number of aliphatic hydroxyl groups is 1. The second-order valence-electron chi connectivity index (χ2n) is 6.26. The molecule has 1 fully saturated rings. The maximum absolute atomic E-state index is 11.5. The van der Waals surface area contributed by atoms with Gasteiger partial charge in [0, 0.05) is 10.9 Å². The maximum Gasteiger partial charge on any atom is 0.306 e. The van der Waals surface area contributed by atoms with Crippen LogP contribution in [-0.4, -0.2) is 16.2 Å². The van der Waals surface area contributed by atoms with Gasteiger partial charge in [0.05, 0.1) is 12.0 Å². The number of aryl methyl sites for hydroxylation is 2. The Bertz CT molecular complexity index is 541. The van der Waals surface area contributed by atoms with Crippen LogP contribution < -0.4 is 0 Å². The molecule has 1 aromatic rings. The van der Waals surface area contributed by atoms with Crippen molar-refractivity contribution in [3.63, 3.8) is 0 Å². The van der Waals surface area contributed by atoms with E-state index in [4.69, 9.17) is 11.6 Å². The van der Waals surface area contributed by atoms with E-state index in [-0.39, 0.29) is 5.92 Å². The molecular formula is C17H23ClO3. The normalized spacial score (nSPS) is 26.8. The van der Waals surface area contributed by atoms with Crippen LogP contribution in [-0.2, 0) is 4.79 Å². The summed E-state index contributed by atoms with van der Waals surface area (Å²) in [5.41, 5.74) is 2.64. The van der Waals surface area contributed by atoms with Gasteiger partial charge in [-0.3, -0.25) is 4.79 Å². The number of benzene rings is 1. The van der Waals surface area contributed by atoms with E-state index in [1.807, 2.05) is 26.0 Å². The Balaban J connectivity index is 2.32. The predicted octanol–water partition coefficient (Wildman–Crippen LogP) is 4.13. The molecule has 2 N–H and O–H groups in total. The van der Waals surface area contributed by atoms with Gasteiger partial charge < -0.3 is 10.2 Å². The second kappa shape index (κ2) is 6.37. The summed E-state index contributed by atoms with van der Waals surface area (Å²) in [6, 6.07) is 3.73. The molecule has 0 aliphatic heterocycles. The first-order valence-electron chi connectivity index (χ1n) is 7.52. The van der Waals surface area contributed by atoms with Crippen LogP contribution >= 0.6 is 11.6 Å². The zero-order valence-corrected chi connectivity index (χ0v) is 13.5. The number of rotatable bonds is 4. The summed E-state index contributed by atoms with van der Waals surface area (Å²) in [4.78, 5) is 11.5. The summed E-state index contributed by atoms with van der Waals surface area (Å²) in [6.07, 6.45) is 1.67. The number of hydrogen-bond acceptors (Lipinski definition) is 2. The molecule has 1 saturated carbocycles. The standard InChI is InChI=1S/C17H23ClO3/c1-4-11-7-13(14(8-11)17(20)21)16(19)12-5-10(3)15(18)6-9(12)2/h5-6,11,13-14,16,19H,4,7-8H2,1-3H3,(H,20,21). The third kappa shape index (κ3) is 3.24. The van der Waals surface area contributed by atoms with Gasteiger partial charge in [-0.05, 0) is 55.4 Å². The van der Waals surface area contributed by atoms with Gasteiger partial charge in [0.1, 0.15) is 0 Å². The van der Waals surface area contributed by atoms with Crippen LogP contribution in [0, 0.1) is 31.6 Å². The number of aliphatic carboxylic acids is 1. The first-order valence-corrected chi connectivity index (χ1v) is 7.90. The van der Waals surface area contributed by atoms with Crippen LogP contribution in [0.2, 0.25) is 5.02 Å². The van der Waals surface area contributed by atoms with E-state index in [2.05, 4.69) is 6.92 Å². The van der Waals surface area contributed by atoms with Crippen molar-refractivity contribution in [2.75, 3.05) is 0 Å². The summed E-state index contributed by atoms with van der Waals surface area (Å²) in [6.45, 7) is 5.89. The second-order valence-corrected chi connectivity index (χ2v) is 6.66. The zero-order chi connectivity index (χ0) is 15.7. The van der Waals surface area contributed by atoms with E-state index in [1.165, 1.54) is 0 Å². The van der Waals surface area contributed by atoms with E-state index in [1.54, 1.807) is 0 Å². The van der Waals surface area contributed by atoms with Gasteiger partial charge in [-0.15, -0.1) is 0 Å². The molecule has 4 atom stereocenters. The van der Waals surface area contributed by atoms with Crippen LogP contribution in [0.5, 0.6) is 0 Å². The number of carboxylic acids is 1. The van der Waals surface area contributed by atoms with Gasteiger partial charge in [0.2, 0.25) is 0 Å². The van der Waals surface area contributed by atoms with Gasteiger partial charge in [0.15, 0.2) is 0 Å². The molecule has 4 unspecified atom stereocenters. The lowest BCUT2D eigenvalue weighted by atomic mass is 9.85. The molecule has 0 heterocycles. The molecule has 116 valence electrons. The van der Waals surface area contributed by atoms with Crippen LogP contribution in [0.1, 0.15) is 49.0 Å². The highest BCUT2D eigenvalue weighted by Gasteiger charge is 2.42. The molecule has 21 heavy (non-hydrogen) atoms. The fourth-order valence-electron chi connectivity index (χ4n) is 3.50. The van der Waals surface area contributed by atoms with Crippen molar-refractivity contribution in [3.8, 4) is 0 Å². The van der Waals surface area contributed by atoms with Gasteiger partial charge in [-0.1, -0.05) is 31.0 Å². The van der Waals surface area contributed by atoms with Crippen molar-refractivity contribution in [1.82, 2.24) is 0 Å². The predicted molar refractivity (Wildman–Crippen MR) is 83.5 cm³/mol. The number of halogens is 1. The molecule has 1 aliphatic rings. The van der Waals surface area contributed by atoms with Crippen molar-refractivity contribution < 1.29 is 15.0 Å². The Labute approximate surface area is 130 Å². The Hall–Kier alpha value is -1.06. The lowest BCUT2D eigenvalue weighted by molar-refractivity contribution is -0.144. The average Bonchev–Trinajstić information content (AvgIpc) is 2.86. The molecule has 3 nitrogen and oxygen atoms in total. The van der Waals surface area contributed by atoms with Crippen LogP contribution in [0.3, 0.4) is 0 Å². The van der Waals surface area contributed by atoms with Gasteiger partial charge in [-0.25, -0.2) is 0 Å². The van der Waals surface area contributed by atoms with Crippen molar-refractivity contribution in [2.24, 2.45) is 17.8 Å². The average molecular weight is 311 g/mol. The first kappa shape index (κ1) is 16.3. The van der Waals surface area contributed by atoms with E-state index < -0.39 is 18.0 Å². The Morgan fingerprint density at radius 3 is 2.57 bits per heavy atom. The molecular weight excluding hydrogens is 288 g/mol. The van der Waals surface area contributed by atoms with Crippen molar-refractivity contribution in [3.05, 3.63) is 33.8 Å². The Morgan fingerprint density at radius 2 is 2.00 bits per heavy atom. The monoisotopic (exact) mass is 310 g/mol. The van der Waals surface area contributed by atoms with Gasteiger partial charge in [0.25, 0.3) is 0 Å². The summed E-state index contributed by atoms with van der Waals surface area (Å²) >= 11 is 6.10. The van der Waals surface area contributed by atoms with E-state index in [0.717, 1.165) is 29.5 Å². The fourth-order valence-corrected chi connectivity index (χ4v) is 3.72. The molecule has 0 radical (unpaired) electrons. The highest BCUT2D eigenvalue weighted by atomic mass is 35.5. The topological polar surface area (TPSA) is 57.5 Å². The fraction of sp³-hybridized carbons (Fsp3) is 0.588. The summed E-state index contributed by atoms with van der Waals surface area (Å²) in [5.74, 6) is -1.08. The quantitative estimate of drug-likeness (QED) is 0.879. The van der Waals surface area contributed by atoms with Crippen LogP contribution in [0.4, 0.5) is 0 Å². The SMILES string of the molecule is CCC1CC(C(=O)O)C(C(O)c2cc(C)c(Cl)cc2C)C1. The number of aliphatic hydroxyl groups excluding tert-OH is 1. The lowest BCUT2D eigenvalue weighted by Gasteiger charge is -2.24. The summed E-state index contributed by atoms with van der Waals surface area (Å²) < 4.78 is 0. The van der Waals surface area contributed by atoms with Crippen molar-refractivity contribution >= 4 is 17.6 Å². The van der Waals surface area contributed by atoms with E-state index in [9.17, 15) is 15.0 Å². The van der Waals surface area contributed by atoms with E-state index in [0.29, 0.717) is 17.4 Å². The van der Waals surface area contributed by atoms with Crippen LogP contribution in [0.15, 0.2) is 12.1 Å². The smallest absolute Gasteiger partial charge is 0.306 e. The Kier molecular flexibility index (Phi) is 4.95. The van der Waals surface area contributed by atoms with Crippen molar-refractivity contribution in [1.29, 1.82) is 0 Å². The molecule has 4 heteroatoms. The molecule has 0 aromatic heterocycles. The highest BCUT2D eigenvalue weighted by Crippen LogP contribution is 2.45. The lowest BCUT2D eigenvalue weighted by Crippen LogP contribution is -2.24. The largest absolute Gasteiger partial charge is 0.481 e. The molecule has 1 aliphatic carbocycles. The minimum Gasteiger partial charge on any atom is -0.481 e. The molecule has 0 spiro atoms.